The fourth-order valence-electron chi connectivity index (χ4n) is 4.64. The number of H-pyrrole nitrogens is 2. The van der Waals surface area contributed by atoms with Crippen molar-refractivity contribution in [3.05, 3.63) is 72.1 Å². The molecule has 0 radical (unpaired) electrons. The minimum Gasteiger partial charge on any atom is -0.480 e. The third-order valence-corrected chi connectivity index (χ3v) is 6.75. The lowest BCUT2D eigenvalue weighted by Crippen LogP contribution is -2.55. The Morgan fingerprint density at radius 3 is 1.87 bits per heavy atom. The van der Waals surface area contributed by atoms with E-state index in [1.54, 1.807) is 12.4 Å². The predicted octanol–water partition coefficient (Wildman–Crippen LogP) is 1.94. The van der Waals surface area contributed by atoms with Crippen molar-refractivity contribution in [2.24, 2.45) is 11.5 Å². The summed E-state index contributed by atoms with van der Waals surface area (Å²) in [7, 11) is 0. The Kier molecular flexibility index (Phi) is 8.77. The van der Waals surface area contributed by atoms with Gasteiger partial charge in [-0.1, -0.05) is 42.8 Å². The van der Waals surface area contributed by atoms with Gasteiger partial charge in [-0.05, 0) is 42.6 Å². The highest BCUT2D eigenvalue weighted by Crippen LogP contribution is 2.21. The van der Waals surface area contributed by atoms with Gasteiger partial charge in [0.2, 0.25) is 11.8 Å². The number of carboxylic acid groups (broad SMARTS) is 1. The zero-order valence-corrected chi connectivity index (χ0v) is 21.1. The molecule has 4 aromatic rings. The van der Waals surface area contributed by atoms with E-state index in [0.717, 1.165) is 39.4 Å². The number of fused-ring (bicyclic) bond motifs is 2. The molecular weight excluding hydrogens is 484 g/mol. The normalized spacial score (nSPS) is 13.7. The number of rotatable bonds is 13. The molecule has 2 heterocycles. The van der Waals surface area contributed by atoms with E-state index in [1.807, 2.05) is 48.5 Å². The van der Waals surface area contributed by atoms with E-state index in [4.69, 9.17) is 11.5 Å². The molecule has 0 bridgehead atoms. The molecule has 2 amide bonds. The summed E-state index contributed by atoms with van der Waals surface area (Å²) in [6.07, 6.45) is 5.65. The molecular formula is C28H34N6O4. The Bertz CT molecular complexity index is 1410. The van der Waals surface area contributed by atoms with Crippen LogP contribution in [0.3, 0.4) is 0 Å². The largest absolute Gasteiger partial charge is 0.480 e. The maximum atomic E-state index is 13.5. The summed E-state index contributed by atoms with van der Waals surface area (Å²) in [6.45, 7) is 0.507. The predicted molar refractivity (Wildman–Crippen MR) is 146 cm³/mol. The second-order valence-corrected chi connectivity index (χ2v) is 9.48. The summed E-state index contributed by atoms with van der Waals surface area (Å²) >= 11 is 0. The summed E-state index contributed by atoms with van der Waals surface area (Å²) in [5.41, 5.74) is 15.0. The van der Waals surface area contributed by atoms with Crippen molar-refractivity contribution in [3.8, 4) is 0 Å². The molecule has 10 nitrogen and oxygen atoms in total. The highest BCUT2D eigenvalue weighted by molar-refractivity contribution is 5.93. The van der Waals surface area contributed by atoms with Crippen LogP contribution >= 0.6 is 0 Å². The quantitative estimate of drug-likeness (QED) is 0.133. The maximum absolute atomic E-state index is 13.5. The molecule has 3 atom stereocenters. The van der Waals surface area contributed by atoms with Crippen LogP contribution in [0.1, 0.15) is 30.4 Å². The molecule has 0 aliphatic rings. The second kappa shape index (κ2) is 12.4. The monoisotopic (exact) mass is 518 g/mol. The number of carboxylic acids is 1. The molecule has 9 N–H and O–H groups in total. The Morgan fingerprint density at radius 2 is 1.32 bits per heavy atom. The molecule has 2 aromatic heterocycles. The summed E-state index contributed by atoms with van der Waals surface area (Å²) in [6, 6.07) is 12.2. The van der Waals surface area contributed by atoms with Gasteiger partial charge in [0.05, 0.1) is 6.04 Å². The van der Waals surface area contributed by atoms with E-state index >= 15 is 0 Å². The van der Waals surface area contributed by atoms with E-state index in [0.29, 0.717) is 19.4 Å². The van der Waals surface area contributed by atoms with Crippen LogP contribution < -0.4 is 22.1 Å². The minimum atomic E-state index is -1.19. The molecule has 200 valence electrons. The first-order chi connectivity index (χ1) is 18.4. The van der Waals surface area contributed by atoms with E-state index in [9.17, 15) is 19.5 Å². The number of aliphatic carboxylic acids is 1. The first-order valence-corrected chi connectivity index (χ1v) is 12.8. The zero-order valence-electron chi connectivity index (χ0n) is 21.1. The van der Waals surface area contributed by atoms with Crippen LogP contribution in [0.25, 0.3) is 21.8 Å². The third-order valence-electron chi connectivity index (χ3n) is 6.75. The number of benzene rings is 2. The number of amides is 2. The maximum Gasteiger partial charge on any atom is 0.326 e. The molecule has 0 unspecified atom stereocenters. The van der Waals surface area contributed by atoms with Gasteiger partial charge in [0.25, 0.3) is 0 Å². The van der Waals surface area contributed by atoms with Gasteiger partial charge in [-0.2, -0.15) is 0 Å². The number of aromatic nitrogens is 2. The van der Waals surface area contributed by atoms with E-state index in [-0.39, 0.29) is 12.8 Å². The smallest absolute Gasteiger partial charge is 0.326 e. The van der Waals surface area contributed by atoms with Crippen molar-refractivity contribution in [3.63, 3.8) is 0 Å². The average Bonchev–Trinajstić information content (AvgIpc) is 3.52. The number of carbonyl (C=O) groups excluding carboxylic acids is 2. The van der Waals surface area contributed by atoms with Gasteiger partial charge in [0.15, 0.2) is 0 Å². The Morgan fingerprint density at radius 1 is 0.789 bits per heavy atom. The summed E-state index contributed by atoms with van der Waals surface area (Å²) in [5.74, 6) is -2.23. The van der Waals surface area contributed by atoms with Gasteiger partial charge in [-0.3, -0.25) is 9.59 Å². The molecule has 0 fully saturated rings. The Labute approximate surface area is 220 Å². The number of unbranched alkanes of at least 4 members (excludes halogenated alkanes) is 1. The fraction of sp³-hybridized carbons (Fsp3) is 0.321. The second-order valence-electron chi connectivity index (χ2n) is 9.48. The molecule has 0 aliphatic heterocycles. The topological polar surface area (TPSA) is 179 Å². The van der Waals surface area contributed by atoms with Crippen molar-refractivity contribution < 1.29 is 19.5 Å². The van der Waals surface area contributed by atoms with Gasteiger partial charge in [0.1, 0.15) is 12.1 Å². The van der Waals surface area contributed by atoms with Crippen molar-refractivity contribution in [1.82, 2.24) is 20.6 Å². The summed E-state index contributed by atoms with van der Waals surface area (Å²) < 4.78 is 0. The lowest BCUT2D eigenvalue weighted by molar-refractivity contribution is -0.142. The van der Waals surface area contributed by atoms with Crippen LogP contribution in [-0.4, -0.2) is 57.5 Å². The first-order valence-electron chi connectivity index (χ1n) is 12.8. The number of hydrogen-bond donors (Lipinski definition) is 7. The van der Waals surface area contributed by atoms with Crippen molar-refractivity contribution in [1.29, 1.82) is 0 Å². The molecule has 4 rings (SSSR count). The number of para-hydroxylation sites is 2. The molecule has 38 heavy (non-hydrogen) atoms. The number of carbonyl (C=O) groups is 3. The van der Waals surface area contributed by atoms with E-state index in [2.05, 4.69) is 20.6 Å². The standard InChI is InChI=1S/C28H34N6O4/c29-12-6-5-9-21(30)26(35)33-24(13-17-15-31-22-10-3-1-7-19(17)22)27(36)34-25(28(37)38)14-18-16-32-23-11-4-2-8-20(18)23/h1-4,7-8,10-11,15-16,21,24-25,31-32H,5-6,9,12-14,29-30H2,(H,33,35)(H,34,36)(H,37,38)/t21-,24-,25-/m0/s1. The lowest BCUT2D eigenvalue weighted by atomic mass is 10.0. The van der Waals surface area contributed by atoms with Gasteiger partial charge >= 0.3 is 5.97 Å². The van der Waals surface area contributed by atoms with Gasteiger partial charge in [-0.15, -0.1) is 0 Å². The van der Waals surface area contributed by atoms with Crippen molar-refractivity contribution in [2.45, 2.75) is 50.2 Å². The molecule has 10 heteroatoms. The van der Waals surface area contributed by atoms with Crippen LogP contribution in [0.4, 0.5) is 0 Å². The average molecular weight is 519 g/mol. The Hall–Kier alpha value is -4.15. The van der Waals surface area contributed by atoms with E-state index < -0.39 is 35.9 Å². The van der Waals surface area contributed by atoms with E-state index in [1.165, 1.54) is 0 Å². The van der Waals surface area contributed by atoms with Crippen LogP contribution in [0.15, 0.2) is 60.9 Å². The Balaban J connectivity index is 1.53. The van der Waals surface area contributed by atoms with Gasteiger partial charge in [-0.25, -0.2) is 4.79 Å². The highest BCUT2D eigenvalue weighted by atomic mass is 16.4. The SMILES string of the molecule is NCCCC[C@H](N)C(=O)N[C@@H](Cc1c[nH]c2ccccc12)C(=O)N[C@@H](Cc1c[nH]c2ccccc12)C(=O)O. The molecule has 0 saturated carbocycles. The third kappa shape index (κ3) is 6.39. The highest BCUT2D eigenvalue weighted by Gasteiger charge is 2.29. The number of aromatic amines is 2. The number of nitrogens with one attached hydrogen (secondary N) is 4. The fourth-order valence-corrected chi connectivity index (χ4v) is 4.64. The molecule has 0 spiro atoms. The lowest BCUT2D eigenvalue weighted by Gasteiger charge is -2.23. The number of hydrogen-bond acceptors (Lipinski definition) is 5. The van der Waals surface area contributed by atoms with Crippen LogP contribution in [0.2, 0.25) is 0 Å². The zero-order chi connectivity index (χ0) is 27.1. The first kappa shape index (κ1) is 26.9. The minimum absolute atomic E-state index is 0.0808. The van der Waals surface area contributed by atoms with Crippen molar-refractivity contribution in [2.75, 3.05) is 6.54 Å². The van der Waals surface area contributed by atoms with Gasteiger partial charge in [0, 0.05) is 47.0 Å². The van der Waals surface area contributed by atoms with Gasteiger partial charge < -0.3 is 37.2 Å². The van der Waals surface area contributed by atoms with Crippen LogP contribution in [0, 0.1) is 0 Å². The van der Waals surface area contributed by atoms with Crippen LogP contribution in [0.5, 0.6) is 0 Å². The molecule has 2 aromatic carbocycles. The van der Waals surface area contributed by atoms with Crippen LogP contribution in [-0.2, 0) is 27.2 Å². The molecule has 0 aliphatic carbocycles. The van der Waals surface area contributed by atoms with Crippen molar-refractivity contribution >= 4 is 39.6 Å². The number of nitrogens with two attached hydrogens (primary N) is 2. The molecule has 0 saturated heterocycles. The summed E-state index contributed by atoms with van der Waals surface area (Å²) in [4.78, 5) is 44.8. The summed E-state index contributed by atoms with van der Waals surface area (Å²) in [5, 5.41) is 17.1.